The monoisotopic (exact) mass is 198 g/mol. The normalized spacial score (nSPS) is 10.2. The van der Waals surface area contributed by atoms with Gasteiger partial charge in [0.15, 0.2) is 5.78 Å². The van der Waals surface area contributed by atoms with Gasteiger partial charge in [0, 0.05) is 13.0 Å². The van der Waals surface area contributed by atoms with E-state index in [0.717, 1.165) is 6.42 Å². The number of hydrogen-bond acceptors (Lipinski definition) is 3. The van der Waals surface area contributed by atoms with Crippen LogP contribution in [0.1, 0.15) is 18.9 Å². The van der Waals surface area contributed by atoms with Crippen LogP contribution in [0.4, 0.5) is 0 Å². The lowest BCUT2D eigenvalue weighted by Gasteiger charge is -1.99. The van der Waals surface area contributed by atoms with Crippen molar-refractivity contribution in [1.29, 1.82) is 0 Å². The second-order valence-corrected chi connectivity index (χ2v) is 3.59. The molecule has 0 saturated heterocycles. The molecule has 0 aromatic carbocycles. The van der Waals surface area contributed by atoms with Gasteiger partial charge in [0.1, 0.15) is 6.61 Å². The third-order valence-corrected chi connectivity index (χ3v) is 2.47. The van der Waals surface area contributed by atoms with Crippen LogP contribution in [0.2, 0.25) is 0 Å². The average molecular weight is 198 g/mol. The van der Waals surface area contributed by atoms with Gasteiger partial charge in [-0.05, 0) is 35.7 Å². The van der Waals surface area contributed by atoms with Crippen LogP contribution in [0.3, 0.4) is 0 Å². The molecule has 0 amide bonds. The van der Waals surface area contributed by atoms with Gasteiger partial charge in [-0.25, -0.2) is 0 Å². The molecule has 0 aliphatic rings. The van der Waals surface area contributed by atoms with E-state index in [1.54, 1.807) is 11.3 Å². The van der Waals surface area contributed by atoms with E-state index in [1.807, 2.05) is 12.3 Å². The first kappa shape index (κ1) is 10.4. The topological polar surface area (TPSA) is 26.3 Å². The van der Waals surface area contributed by atoms with Crippen molar-refractivity contribution in [2.75, 3.05) is 13.2 Å². The van der Waals surface area contributed by atoms with Gasteiger partial charge in [-0.2, -0.15) is 11.3 Å². The number of ketones is 1. The summed E-state index contributed by atoms with van der Waals surface area (Å²) in [5.41, 5.74) is 1.25. The van der Waals surface area contributed by atoms with E-state index < -0.39 is 0 Å². The predicted molar refractivity (Wildman–Crippen MR) is 54.1 cm³/mol. The van der Waals surface area contributed by atoms with Crippen molar-refractivity contribution >= 4 is 17.1 Å². The maximum Gasteiger partial charge on any atom is 0.158 e. The van der Waals surface area contributed by atoms with Crippen molar-refractivity contribution < 1.29 is 9.53 Å². The van der Waals surface area contributed by atoms with Crippen LogP contribution >= 0.6 is 11.3 Å². The van der Waals surface area contributed by atoms with Gasteiger partial charge >= 0.3 is 0 Å². The lowest BCUT2D eigenvalue weighted by molar-refractivity contribution is -0.123. The third kappa shape index (κ3) is 4.20. The van der Waals surface area contributed by atoms with E-state index >= 15 is 0 Å². The zero-order chi connectivity index (χ0) is 9.52. The summed E-state index contributed by atoms with van der Waals surface area (Å²) in [6, 6.07) is 2.05. The highest BCUT2D eigenvalue weighted by atomic mass is 32.1. The second kappa shape index (κ2) is 5.89. The fourth-order valence-electron chi connectivity index (χ4n) is 1.01. The molecule has 0 unspecified atom stereocenters. The Morgan fingerprint density at radius 1 is 1.62 bits per heavy atom. The molecule has 1 aromatic heterocycles. The maximum absolute atomic E-state index is 11.2. The first-order valence-electron chi connectivity index (χ1n) is 4.43. The van der Waals surface area contributed by atoms with Gasteiger partial charge < -0.3 is 4.74 Å². The van der Waals surface area contributed by atoms with Crippen LogP contribution in [-0.4, -0.2) is 19.0 Å². The van der Waals surface area contributed by atoms with Crippen molar-refractivity contribution in [2.24, 2.45) is 0 Å². The highest BCUT2D eigenvalue weighted by molar-refractivity contribution is 7.07. The van der Waals surface area contributed by atoms with Gasteiger partial charge in [0.25, 0.3) is 0 Å². The predicted octanol–water partition coefficient (Wildman–Crippen LogP) is 2.29. The summed E-state index contributed by atoms with van der Waals surface area (Å²) >= 11 is 1.67. The molecule has 1 rings (SSSR count). The van der Waals surface area contributed by atoms with Crippen LogP contribution in [0.15, 0.2) is 16.8 Å². The van der Waals surface area contributed by atoms with E-state index in [0.29, 0.717) is 13.0 Å². The van der Waals surface area contributed by atoms with Crippen LogP contribution in [0.5, 0.6) is 0 Å². The van der Waals surface area contributed by atoms with E-state index in [9.17, 15) is 4.79 Å². The van der Waals surface area contributed by atoms with Crippen molar-refractivity contribution in [3.8, 4) is 0 Å². The zero-order valence-corrected chi connectivity index (χ0v) is 8.60. The Hall–Kier alpha value is -0.670. The summed E-state index contributed by atoms with van der Waals surface area (Å²) < 4.78 is 5.02. The third-order valence-electron chi connectivity index (χ3n) is 1.74. The minimum absolute atomic E-state index is 0.188. The fraction of sp³-hybridized carbons (Fsp3) is 0.500. The van der Waals surface area contributed by atoms with Gasteiger partial charge in [0.05, 0.1) is 0 Å². The Bertz CT molecular complexity index is 241. The molecular weight excluding hydrogens is 184 g/mol. The number of Topliss-reactive ketones (excluding diaryl/α,β-unsaturated/α-hetero) is 1. The molecule has 72 valence electrons. The van der Waals surface area contributed by atoms with Crippen molar-refractivity contribution in [2.45, 2.75) is 19.8 Å². The van der Waals surface area contributed by atoms with Crippen LogP contribution < -0.4 is 0 Å². The summed E-state index contributed by atoms with van der Waals surface area (Å²) in [6.45, 7) is 2.77. The highest BCUT2D eigenvalue weighted by Crippen LogP contribution is 2.08. The van der Waals surface area contributed by atoms with Crippen LogP contribution in [0, 0.1) is 0 Å². The van der Waals surface area contributed by atoms with Gasteiger partial charge in [-0.1, -0.05) is 0 Å². The summed E-state index contributed by atoms with van der Waals surface area (Å²) in [6.07, 6.45) is 1.44. The molecule has 0 N–H and O–H groups in total. The summed E-state index contributed by atoms with van der Waals surface area (Å²) in [7, 11) is 0. The number of ether oxygens (including phenoxy) is 1. The van der Waals surface area contributed by atoms with Crippen LogP contribution in [0.25, 0.3) is 0 Å². The molecule has 1 aromatic rings. The van der Waals surface area contributed by atoms with Gasteiger partial charge in [-0.15, -0.1) is 0 Å². The quantitative estimate of drug-likeness (QED) is 0.701. The number of rotatable bonds is 6. The summed E-state index contributed by atoms with van der Waals surface area (Å²) in [5.74, 6) is 0.188. The van der Waals surface area contributed by atoms with Crippen molar-refractivity contribution in [3.63, 3.8) is 0 Å². The minimum Gasteiger partial charge on any atom is -0.374 e. The summed E-state index contributed by atoms with van der Waals surface area (Å²) in [4.78, 5) is 11.2. The molecular formula is C10H14O2S. The smallest absolute Gasteiger partial charge is 0.158 e. The fourth-order valence-corrected chi connectivity index (χ4v) is 1.71. The molecule has 3 heteroatoms. The second-order valence-electron chi connectivity index (χ2n) is 2.81. The lowest BCUT2D eigenvalue weighted by atomic mass is 10.1. The van der Waals surface area contributed by atoms with E-state index in [4.69, 9.17) is 4.74 Å². The Kier molecular flexibility index (Phi) is 4.72. The zero-order valence-electron chi connectivity index (χ0n) is 7.79. The number of carbonyl (C=O) groups excluding carboxylic acids is 1. The first-order valence-corrected chi connectivity index (χ1v) is 5.37. The number of hydrogen-bond donors (Lipinski definition) is 0. The molecule has 0 aliphatic heterocycles. The van der Waals surface area contributed by atoms with Gasteiger partial charge in [-0.3, -0.25) is 4.79 Å². The molecule has 13 heavy (non-hydrogen) atoms. The molecule has 0 bridgehead atoms. The highest BCUT2D eigenvalue weighted by Gasteiger charge is 2.02. The van der Waals surface area contributed by atoms with E-state index in [2.05, 4.69) is 11.4 Å². The van der Waals surface area contributed by atoms with Gasteiger partial charge in [0.2, 0.25) is 0 Å². The molecule has 0 radical (unpaired) electrons. The molecule has 0 aliphatic carbocycles. The Labute approximate surface area is 82.5 Å². The molecule has 1 heterocycles. The number of aryl methyl sites for hydroxylation is 1. The molecule has 0 spiro atoms. The Morgan fingerprint density at radius 3 is 3.08 bits per heavy atom. The summed E-state index contributed by atoms with van der Waals surface area (Å²) in [5, 5.41) is 4.11. The average Bonchev–Trinajstić information content (AvgIpc) is 2.64. The Balaban J connectivity index is 2.15. The van der Waals surface area contributed by atoms with Crippen molar-refractivity contribution in [3.05, 3.63) is 22.4 Å². The first-order chi connectivity index (χ1) is 6.33. The Morgan fingerprint density at radius 2 is 2.46 bits per heavy atom. The lowest BCUT2D eigenvalue weighted by Crippen LogP contribution is -2.09. The maximum atomic E-state index is 11.2. The number of thiophene rings is 1. The van der Waals surface area contributed by atoms with Crippen molar-refractivity contribution in [1.82, 2.24) is 0 Å². The standard InChI is InChI=1S/C10H14O2S/c1-2-12-7-10(11)4-3-9-5-6-13-8-9/h5-6,8H,2-4,7H2,1H3. The SMILES string of the molecule is CCOCC(=O)CCc1ccsc1. The largest absolute Gasteiger partial charge is 0.374 e. The molecule has 0 fully saturated rings. The molecule has 0 atom stereocenters. The molecule has 2 nitrogen and oxygen atoms in total. The van der Waals surface area contributed by atoms with E-state index in [1.165, 1.54) is 5.56 Å². The number of carbonyl (C=O) groups is 1. The minimum atomic E-state index is 0.188. The molecule has 0 saturated carbocycles. The van der Waals surface area contributed by atoms with Crippen LogP contribution in [-0.2, 0) is 16.0 Å². The van der Waals surface area contributed by atoms with E-state index in [-0.39, 0.29) is 12.4 Å².